The molecule has 2 aromatic carbocycles. The van der Waals surface area contributed by atoms with Crippen LogP contribution in [0.15, 0.2) is 72.2 Å². The van der Waals surface area contributed by atoms with Crippen molar-refractivity contribution >= 4 is 33.1 Å². The van der Waals surface area contributed by atoms with Gasteiger partial charge in [0.25, 0.3) is 0 Å². The zero-order chi connectivity index (χ0) is 24.5. The van der Waals surface area contributed by atoms with Crippen LogP contribution in [0.2, 0.25) is 0 Å². The number of pyridine rings is 1. The third-order valence-corrected chi connectivity index (χ3v) is 6.93. The summed E-state index contributed by atoms with van der Waals surface area (Å²) < 4.78 is 8.69. The molecule has 7 nitrogen and oxygen atoms in total. The number of fused-ring (bicyclic) bond motifs is 1. The third-order valence-electron chi connectivity index (χ3n) is 6.14. The van der Waals surface area contributed by atoms with E-state index in [1.54, 1.807) is 11.3 Å². The smallest absolute Gasteiger partial charge is 0.230 e. The van der Waals surface area contributed by atoms with Crippen molar-refractivity contribution in [2.24, 2.45) is 5.92 Å². The molecular formula is C28H25N5O2S. The second kappa shape index (κ2) is 9.54. The molecule has 0 spiro atoms. The van der Waals surface area contributed by atoms with Crippen molar-refractivity contribution < 1.29 is 9.53 Å². The first kappa shape index (κ1) is 22.4. The van der Waals surface area contributed by atoms with Gasteiger partial charge in [-0.3, -0.25) is 4.79 Å². The van der Waals surface area contributed by atoms with Crippen LogP contribution in [0.25, 0.3) is 27.3 Å². The van der Waals surface area contributed by atoms with E-state index in [9.17, 15) is 4.79 Å². The average Bonchev–Trinajstić information content (AvgIpc) is 3.43. The average molecular weight is 496 g/mol. The molecule has 1 saturated carbocycles. The summed E-state index contributed by atoms with van der Waals surface area (Å²) in [6.07, 6.45) is 2.66. The number of anilines is 1. The Morgan fingerprint density at radius 1 is 1.11 bits per heavy atom. The van der Waals surface area contributed by atoms with Gasteiger partial charge in [-0.2, -0.15) is 5.10 Å². The molecule has 0 aliphatic heterocycles. The van der Waals surface area contributed by atoms with Gasteiger partial charge in [-0.15, -0.1) is 11.3 Å². The van der Waals surface area contributed by atoms with Gasteiger partial charge in [-0.05, 0) is 80.3 Å². The fraction of sp³-hybridized carbons (Fsp3) is 0.214. The van der Waals surface area contributed by atoms with E-state index in [4.69, 9.17) is 9.84 Å². The molecule has 0 bridgehead atoms. The lowest BCUT2D eigenvalue weighted by atomic mass is 10.1. The number of amides is 1. The number of nitrogens with zero attached hydrogens (tertiary/aromatic N) is 4. The molecule has 6 rings (SSSR count). The number of hydrogen-bond donors (Lipinski definition) is 1. The van der Waals surface area contributed by atoms with Crippen molar-refractivity contribution in [2.45, 2.75) is 26.2 Å². The number of ether oxygens (including phenoxy) is 1. The maximum atomic E-state index is 12.9. The van der Waals surface area contributed by atoms with E-state index in [0.29, 0.717) is 17.4 Å². The summed E-state index contributed by atoms with van der Waals surface area (Å²) in [6, 6.07) is 21.4. The Bertz CT molecular complexity index is 1540. The molecule has 0 unspecified atom stereocenters. The van der Waals surface area contributed by atoms with E-state index in [-0.39, 0.29) is 12.3 Å². The molecule has 1 N–H and O–H groups in total. The fourth-order valence-corrected chi connectivity index (χ4v) is 4.78. The van der Waals surface area contributed by atoms with E-state index < -0.39 is 0 Å². The van der Waals surface area contributed by atoms with Crippen LogP contribution in [0.1, 0.15) is 24.2 Å². The number of nitrogens with one attached hydrogen (secondary N) is 1. The van der Waals surface area contributed by atoms with Crippen LogP contribution in [-0.4, -0.2) is 32.3 Å². The normalized spacial score (nSPS) is 13.1. The molecule has 1 amide bonds. The molecule has 1 aliphatic carbocycles. The van der Waals surface area contributed by atoms with Crippen LogP contribution < -0.4 is 10.1 Å². The monoisotopic (exact) mass is 495 g/mol. The van der Waals surface area contributed by atoms with Gasteiger partial charge in [0, 0.05) is 16.9 Å². The first-order valence-corrected chi connectivity index (χ1v) is 12.9. The quantitative estimate of drug-likeness (QED) is 0.293. The summed E-state index contributed by atoms with van der Waals surface area (Å²) in [7, 11) is 0. The minimum Gasteiger partial charge on any atom is -0.493 e. The van der Waals surface area contributed by atoms with Gasteiger partial charge < -0.3 is 10.1 Å². The summed E-state index contributed by atoms with van der Waals surface area (Å²) in [5.74, 6) is 2.11. The lowest BCUT2D eigenvalue weighted by Gasteiger charge is -2.08. The first-order valence-electron chi connectivity index (χ1n) is 12.0. The maximum absolute atomic E-state index is 12.9. The fourth-order valence-electron chi connectivity index (χ4n) is 4.06. The predicted molar refractivity (Wildman–Crippen MR) is 142 cm³/mol. The second-order valence-electron chi connectivity index (χ2n) is 9.11. The van der Waals surface area contributed by atoms with E-state index in [0.717, 1.165) is 45.2 Å². The molecule has 8 heteroatoms. The summed E-state index contributed by atoms with van der Waals surface area (Å²) in [5.41, 5.74) is 6.98. The van der Waals surface area contributed by atoms with Crippen LogP contribution in [0, 0.1) is 12.8 Å². The molecule has 36 heavy (non-hydrogen) atoms. The Morgan fingerprint density at radius 2 is 1.97 bits per heavy atom. The van der Waals surface area contributed by atoms with Crippen LogP contribution in [0.3, 0.4) is 0 Å². The Kier molecular flexibility index (Phi) is 5.95. The Morgan fingerprint density at radius 3 is 2.78 bits per heavy atom. The Hall–Kier alpha value is -4.04. The molecule has 5 aromatic rings. The highest BCUT2D eigenvalue weighted by Gasteiger charge is 2.22. The van der Waals surface area contributed by atoms with E-state index in [2.05, 4.69) is 21.4 Å². The number of carbonyl (C=O) groups is 1. The number of carbonyl (C=O) groups excluding carboxylic acids is 1. The molecule has 1 aliphatic rings. The summed E-state index contributed by atoms with van der Waals surface area (Å²) in [5, 5.41) is 7.74. The van der Waals surface area contributed by atoms with Crippen LogP contribution in [0.5, 0.6) is 5.75 Å². The molecule has 3 aromatic heterocycles. The molecule has 3 heterocycles. The topological polar surface area (TPSA) is 81.9 Å². The van der Waals surface area contributed by atoms with Gasteiger partial charge in [0.1, 0.15) is 5.75 Å². The van der Waals surface area contributed by atoms with E-state index >= 15 is 0 Å². The number of aryl methyl sites for hydroxylation is 1. The van der Waals surface area contributed by atoms with Crippen molar-refractivity contribution in [1.82, 2.24) is 19.7 Å². The first-order chi connectivity index (χ1) is 17.6. The zero-order valence-corrected chi connectivity index (χ0v) is 20.7. The number of benzene rings is 2. The number of thiazole rings is 1. The summed E-state index contributed by atoms with van der Waals surface area (Å²) >= 11 is 1.60. The Balaban J connectivity index is 1.23. The highest BCUT2D eigenvalue weighted by molar-refractivity contribution is 7.16. The predicted octanol–water partition coefficient (Wildman–Crippen LogP) is 5.82. The maximum Gasteiger partial charge on any atom is 0.230 e. The van der Waals surface area contributed by atoms with Gasteiger partial charge >= 0.3 is 0 Å². The molecule has 0 saturated heterocycles. The van der Waals surface area contributed by atoms with Gasteiger partial charge in [-0.1, -0.05) is 12.1 Å². The van der Waals surface area contributed by atoms with E-state index in [1.807, 2.05) is 77.8 Å². The largest absolute Gasteiger partial charge is 0.493 e. The van der Waals surface area contributed by atoms with E-state index in [1.165, 1.54) is 12.8 Å². The van der Waals surface area contributed by atoms with Gasteiger partial charge in [-0.25, -0.2) is 14.6 Å². The standard InChI is InChI=1S/C28H25N5O2S/c1-18-3-2-4-27(30-18)33-25(20-7-12-24-26(13-20)36-17-29-24)14-22(32-33)15-28(34)31-21-8-10-23(11-9-21)35-16-19-5-6-19/h2-4,7-14,17,19H,5-6,15-16H2,1H3,(H,31,34). The van der Waals surface area contributed by atoms with Crippen molar-refractivity contribution in [2.75, 3.05) is 11.9 Å². The van der Waals surface area contributed by atoms with Crippen molar-refractivity contribution in [3.05, 3.63) is 83.6 Å². The lowest BCUT2D eigenvalue weighted by Crippen LogP contribution is -2.15. The highest BCUT2D eigenvalue weighted by Crippen LogP contribution is 2.30. The SMILES string of the molecule is Cc1cccc(-n2nc(CC(=O)Nc3ccc(OCC4CC4)cc3)cc2-c2ccc3ncsc3c2)n1. The van der Waals surface area contributed by atoms with Crippen LogP contribution >= 0.6 is 11.3 Å². The van der Waals surface area contributed by atoms with Gasteiger partial charge in [0.2, 0.25) is 5.91 Å². The lowest BCUT2D eigenvalue weighted by molar-refractivity contribution is -0.115. The van der Waals surface area contributed by atoms with Crippen LogP contribution in [0.4, 0.5) is 5.69 Å². The third kappa shape index (κ3) is 4.99. The van der Waals surface area contributed by atoms with Gasteiger partial charge in [0.05, 0.1) is 40.1 Å². The molecule has 0 radical (unpaired) electrons. The molecule has 1 fully saturated rings. The molecule has 180 valence electrons. The van der Waals surface area contributed by atoms with Crippen molar-refractivity contribution in [3.63, 3.8) is 0 Å². The Labute approximate surface area is 212 Å². The highest BCUT2D eigenvalue weighted by atomic mass is 32.1. The van der Waals surface area contributed by atoms with Crippen molar-refractivity contribution in [1.29, 1.82) is 0 Å². The summed E-state index contributed by atoms with van der Waals surface area (Å²) in [6.45, 7) is 2.72. The van der Waals surface area contributed by atoms with Crippen molar-refractivity contribution in [3.8, 4) is 22.8 Å². The number of hydrogen-bond acceptors (Lipinski definition) is 6. The number of rotatable bonds is 8. The number of aromatic nitrogens is 4. The summed E-state index contributed by atoms with van der Waals surface area (Å²) in [4.78, 5) is 21.9. The van der Waals surface area contributed by atoms with Gasteiger partial charge in [0.15, 0.2) is 5.82 Å². The second-order valence-corrected chi connectivity index (χ2v) is 9.99. The molecule has 0 atom stereocenters. The zero-order valence-electron chi connectivity index (χ0n) is 19.8. The molecular weight excluding hydrogens is 470 g/mol. The minimum absolute atomic E-state index is 0.132. The van der Waals surface area contributed by atoms with Crippen LogP contribution in [-0.2, 0) is 11.2 Å². The minimum atomic E-state index is -0.132.